The number of benzene rings is 1. The van der Waals surface area contributed by atoms with Gasteiger partial charge in [-0.2, -0.15) is 0 Å². The van der Waals surface area contributed by atoms with Gasteiger partial charge in [0.05, 0.1) is 8.67 Å². The molecule has 1 heterocycles. The van der Waals surface area contributed by atoms with Gasteiger partial charge >= 0.3 is 0 Å². The van der Waals surface area contributed by atoms with Crippen molar-refractivity contribution in [2.45, 2.75) is 31.8 Å². The standard InChI is InChI=1S/C15H15Cl2NS/c1-9(12-8-14(16)19-15(12)17)18-13-7-6-10-4-2-3-5-11(10)13/h2-5,8-9,13,18H,6-7H2,1H3. The SMILES string of the molecule is CC(NC1CCc2ccccc21)c1cc(Cl)sc1Cl. The second kappa shape index (κ2) is 5.45. The summed E-state index contributed by atoms with van der Waals surface area (Å²) in [6.07, 6.45) is 2.30. The molecule has 2 atom stereocenters. The van der Waals surface area contributed by atoms with E-state index in [0.717, 1.165) is 27.1 Å². The van der Waals surface area contributed by atoms with Crippen molar-refractivity contribution in [2.24, 2.45) is 0 Å². The summed E-state index contributed by atoms with van der Waals surface area (Å²) in [4.78, 5) is 0. The maximum atomic E-state index is 6.22. The molecule has 1 nitrogen and oxygen atoms in total. The fraction of sp³-hybridized carbons (Fsp3) is 0.333. The lowest BCUT2D eigenvalue weighted by atomic mass is 10.1. The smallest absolute Gasteiger partial charge is 0.0991 e. The van der Waals surface area contributed by atoms with Crippen LogP contribution in [0.4, 0.5) is 0 Å². The summed E-state index contributed by atoms with van der Waals surface area (Å²) in [6.45, 7) is 2.14. The van der Waals surface area contributed by atoms with Crippen LogP contribution < -0.4 is 5.32 Å². The molecule has 0 saturated carbocycles. The summed E-state index contributed by atoms with van der Waals surface area (Å²) in [6, 6.07) is 11.3. The fourth-order valence-corrected chi connectivity index (χ4v) is 4.42. The van der Waals surface area contributed by atoms with E-state index < -0.39 is 0 Å². The molecule has 0 bridgehead atoms. The van der Waals surface area contributed by atoms with Gasteiger partial charge in [-0.25, -0.2) is 0 Å². The number of thiophene rings is 1. The molecule has 0 amide bonds. The molecule has 19 heavy (non-hydrogen) atoms. The van der Waals surface area contributed by atoms with E-state index in [1.807, 2.05) is 6.07 Å². The molecule has 1 aliphatic rings. The Balaban J connectivity index is 1.78. The molecule has 1 aromatic heterocycles. The molecule has 0 aliphatic heterocycles. The number of rotatable bonds is 3. The van der Waals surface area contributed by atoms with E-state index >= 15 is 0 Å². The molecule has 4 heteroatoms. The van der Waals surface area contributed by atoms with Crippen LogP contribution in [0.2, 0.25) is 8.67 Å². The lowest BCUT2D eigenvalue weighted by molar-refractivity contribution is 0.466. The fourth-order valence-electron chi connectivity index (χ4n) is 2.77. The summed E-state index contributed by atoms with van der Waals surface area (Å²) in [5.74, 6) is 0. The van der Waals surface area contributed by atoms with E-state index in [2.05, 4.69) is 36.5 Å². The van der Waals surface area contributed by atoms with Crippen LogP contribution >= 0.6 is 34.5 Å². The molecule has 1 aromatic carbocycles. The molecule has 0 fully saturated rings. The minimum atomic E-state index is 0.215. The Morgan fingerprint density at radius 1 is 1.32 bits per heavy atom. The quantitative estimate of drug-likeness (QED) is 0.801. The highest BCUT2D eigenvalue weighted by Gasteiger charge is 2.24. The van der Waals surface area contributed by atoms with Crippen molar-refractivity contribution < 1.29 is 0 Å². The summed E-state index contributed by atoms with van der Waals surface area (Å²) in [7, 11) is 0. The minimum Gasteiger partial charge on any atom is -0.303 e. The first-order valence-corrected chi connectivity index (χ1v) is 8.01. The molecule has 1 aliphatic carbocycles. The summed E-state index contributed by atoms with van der Waals surface area (Å²) in [5.41, 5.74) is 3.98. The normalized spacial score (nSPS) is 19.4. The van der Waals surface area contributed by atoms with E-state index in [0.29, 0.717) is 6.04 Å². The molecule has 0 radical (unpaired) electrons. The first-order chi connectivity index (χ1) is 9.15. The van der Waals surface area contributed by atoms with Crippen LogP contribution in [0.1, 0.15) is 42.1 Å². The molecule has 2 unspecified atom stereocenters. The van der Waals surface area contributed by atoms with Gasteiger partial charge in [-0.15, -0.1) is 11.3 Å². The van der Waals surface area contributed by atoms with Gasteiger partial charge in [0, 0.05) is 12.1 Å². The van der Waals surface area contributed by atoms with Crippen LogP contribution in [-0.2, 0) is 6.42 Å². The molecule has 1 N–H and O–H groups in total. The average molecular weight is 312 g/mol. The zero-order chi connectivity index (χ0) is 13.4. The largest absolute Gasteiger partial charge is 0.303 e. The maximum Gasteiger partial charge on any atom is 0.0991 e. The van der Waals surface area contributed by atoms with E-state index in [-0.39, 0.29) is 6.04 Å². The number of hydrogen-bond donors (Lipinski definition) is 1. The van der Waals surface area contributed by atoms with Gasteiger partial charge in [0.15, 0.2) is 0 Å². The van der Waals surface area contributed by atoms with Crippen LogP contribution in [0.3, 0.4) is 0 Å². The Bertz CT molecular complexity index is 594. The Kier molecular flexibility index (Phi) is 3.86. The predicted octanol–water partition coefficient (Wildman–Crippen LogP) is 5.39. The van der Waals surface area contributed by atoms with E-state index in [1.54, 1.807) is 0 Å². The number of hydrogen-bond acceptors (Lipinski definition) is 2. The van der Waals surface area contributed by atoms with Gasteiger partial charge in [0.25, 0.3) is 0 Å². The van der Waals surface area contributed by atoms with Gasteiger partial charge in [-0.1, -0.05) is 47.5 Å². The van der Waals surface area contributed by atoms with Crippen molar-refractivity contribution in [2.75, 3.05) is 0 Å². The minimum absolute atomic E-state index is 0.215. The molecule has 0 spiro atoms. The third kappa shape index (κ3) is 2.68. The van der Waals surface area contributed by atoms with Crippen molar-refractivity contribution >= 4 is 34.5 Å². The second-order valence-corrected chi connectivity index (χ2v) is 7.24. The topological polar surface area (TPSA) is 12.0 Å². The van der Waals surface area contributed by atoms with E-state index in [9.17, 15) is 0 Å². The van der Waals surface area contributed by atoms with Crippen molar-refractivity contribution in [1.29, 1.82) is 0 Å². The van der Waals surface area contributed by atoms with Crippen molar-refractivity contribution in [3.05, 3.63) is 55.7 Å². The van der Waals surface area contributed by atoms with Gasteiger partial charge in [-0.3, -0.25) is 0 Å². The first kappa shape index (κ1) is 13.4. The average Bonchev–Trinajstić information content (AvgIpc) is 2.94. The van der Waals surface area contributed by atoms with Crippen molar-refractivity contribution in [1.82, 2.24) is 5.32 Å². The molecule has 2 aromatic rings. The van der Waals surface area contributed by atoms with Gasteiger partial charge in [0.1, 0.15) is 0 Å². The second-order valence-electron chi connectivity index (χ2n) is 4.96. The van der Waals surface area contributed by atoms with Gasteiger partial charge in [-0.05, 0) is 42.5 Å². The third-order valence-electron chi connectivity index (χ3n) is 3.73. The summed E-state index contributed by atoms with van der Waals surface area (Å²) in [5, 5.41) is 3.67. The van der Waals surface area contributed by atoms with Crippen LogP contribution in [0, 0.1) is 0 Å². The Morgan fingerprint density at radius 3 is 2.84 bits per heavy atom. The number of nitrogens with one attached hydrogen (secondary N) is 1. The predicted molar refractivity (Wildman–Crippen MR) is 83.4 cm³/mol. The Labute approximate surface area is 127 Å². The molecular formula is C15H15Cl2NS. The molecular weight excluding hydrogens is 297 g/mol. The third-order valence-corrected chi connectivity index (χ3v) is 5.25. The lowest BCUT2D eigenvalue weighted by Gasteiger charge is -2.20. The van der Waals surface area contributed by atoms with Crippen molar-refractivity contribution in [3.63, 3.8) is 0 Å². The maximum absolute atomic E-state index is 6.22. The summed E-state index contributed by atoms with van der Waals surface area (Å²) < 4.78 is 1.54. The van der Waals surface area contributed by atoms with Gasteiger partial charge in [0.2, 0.25) is 0 Å². The first-order valence-electron chi connectivity index (χ1n) is 6.43. The number of halogens is 2. The highest BCUT2D eigenvalue weighted by atomic mass is 35.5. The van der Waals surface area contributed by atoms with Gasteiger partial charge < -0.3 is 5.32 Å². The van der Waals surface area contributed by atoms with E-state index in [1.165, 1.54) is 22.5 Å². The van der Waals surface area contributed by atoms with Crippen molar-refractivity contribution in [3.8, 4) is 0 Å². The van der Waals surface area contributed by atoms with Crippen LogP contribution in [0.25, 0.3) is 0 Å². The van der Waals surface area contributed by atoms with E-state index in [4.69, 9.17) is 23.2 Å². The summed E-state index contributed by atoms with van der Waals surface area (Å²) >= 11 is 13.7. The number of fused-ring (bicyclic) bond motifs is 1. The highest BCUT2D eigenvalue weighted by molar-refractivity contribution is 7.20. The Morgan fingerprint density at radius 2 is 2.11 bits per heavy atom. The van der Waals surface area contributed by atoms with Crippen LogP contribution in [-0.4, -0.2) is 0 Å². The van der Waals surface area contributed by atoms with Crippen LogP contribution in [0.5, 0.6) is 0 Å². The molecule has 100 valence electrons. The zero-order valence-corrected chi connectivity index (χ0v) is 12.9. The van der Waals surface area contributed by atoms with Crippen LogP contribution in [0.15, 0.2) is 30.3 Å². The molecule has 3 rings (SSSR count). The number of aryl methyl sites for hydroxylation is 1. The Hall–Kier alpha value is -0.540. The monoisotopic (exact) mass is 311 g/mol. The highest BCUT2D eigenvalue weighted by Crippen LogP contribution is 2.37. The molecule has 0 saturated heterocycles. The zero-order valence-electron chi connectivity index (χ0n) is 10.6. The lowest BCUT2D eigenvalue weighted by Crippen LogP contribution is -2.22.